The molecular weight excluding hydrogens is 234 g/mol. The van der Waals surface area contributed by atoms with Crippen LogP contribution in [-0.2, 0) is 0 Å². The molecule has 1 fully saturated rings. The van der Waals surface area contributed by atoms with Gasteiger partial charge in [0.2, 0.25) is 0 Å². The fraction of sp³-hybridized carbons (Fsp3) is 0.588. The molecule has 1 aromatic rings. The topological polar surface area (TPSA) is 29.1 Å². The Hall–Kier alpha value is -1.15. The highest BCUT2D eigenvalue weighted by Crippen LogP contribution is 2.23. The summed E-state index contributed by atoms with van der Waals surface area (Å²) in [7, 11) is 0. The molecule has 1 aromatic carbocycles. The predicted molar refractivity (Wildman–Crippen MR) is 79.8 cm³/mol. The zero-order chi connectivity index (χ0) is 13.8. The molecule has 0 unspecified atom stereocenters. The third kappa shape index (κ3) is 3.66. The molecule has 0 radical (unpaired) electrons. The van der Waals surface area contributed by atoms with E-state index in [2.05, 4.69) is 37.4 Å². The maximum Gasteiger partial charge on any atom is 0.163 e. The molecule has 0 saturated carbocycles. The van der Waals surface area contributed by atoms with Crippen molar-refractivity contribution in [1.29, 1.82) is 0 Å². The van der Waals surface area contributed by atoms with E-state index in [4.69, 9.17) is 0 Å². The van der Waals surface area contributed by atoms with Gasteiger partial charge in [-0.2, -0.15) is 0 Å². The van der Waals surface area contributed by atoms with Gasteiger partial charge in [0.25, 0.3) is 0 Å². The molecule has 104 valence electrons. The van der Waals surface area contributed by atoms with E-state index in [1.54, 1.807) is 0 Å². The highest BCUT2D eigenvalue weighted by molar-refractivity contribution is 5.97. The maximum absolute atomic E-state index is 12.5. The molecule has 0 aromatic heterocycles. The molecule has 19 heavy (non-hydrogen) atoms. The van der Waals surface area contributed by atoms with Gasteiger partial charge < -0.3 is 5.32 Å². The van der Waals surface area contributed by atoms with Crippen LogP contribution in [0.3, 0.4) is 0 Å². The van der Waals surface area contributed by atoms with E-state index in [-0.39, 0.29) is 0 Å². The summed E-state index contributed by atoms with van der Waals surface area (Å²) in [6.45, 7) is 8.50. The lowest BCUT2D eigenvalue weighted by Gasteiger charge is -2.22. The van der Waals surface area contributed by atoms with Crippen molar-refractivity contribution in [2.24, 2.45) is 5.92 Å². The van der Waals surface area contributed by atoms with Crippen LogP contribution >= 0.6 is 0 Å². The number of hydrogen-bond donors (Lipinski definition) is 1. The van der Waals surface area contributed by atoms with E-state index < -0.39 is 0 Å². The van der Waals surface area contributed by atoms with Crippen LogP contribution < -0.4 is 5.32 Å². The first-order valence-electron chi connectivity index (χ1n) is 7.42. The lowest BCUT2D eigenvalue weighted by Crippen LogP contribution is -2.29. The summed E-state index contributed by atoms with van der Waals surface area (Å²) in [4.78, 5) is 12.5. The van der Waals surface area contributed by atoms with E-state index in [1.807, 2.05) is 6.92 Å². The number of carbonyl (C=O) groups excluding carboxylic acids is 1. The molecule has 1 N–H and O–H groups in total. The zero-order valence-corrected chi connectivity index (χ0v) is 12.3. The molecule has 2 heteroatoms. The number of nitrogens with one attached hydrogen (secondary N) is 1. The Labute approximate surface area is 116 Å². The largest absolute Gasteiger partial charge is 0.317 e. The second-order valence-corrected chi connectivity index (χ2v) is 6.05. The average Bonchev–Trinajstić information content (AvgIpc) is 2.40. The van der Waals surface area contributed by atoms with Gasteiger partial charge in [-0.05, 0) is 61.9 Å². The molecule has 1 saturated heterocycles. The predicted octanol–water partition coefficient (Wildman–Crippen LogP) is 3.69. The standard InChI is InChI=1S/C17H25NO/c1-12(2)15-5-4-13(3)16(11-15)17(19)10-14-6-8-18-9-7-14/h4-5,11-12,14,18H,6-10H2,1-3H3. The summed E-state index contributed by atoms with van der Waals surface area (Å²) in [5, 5.41) is 3.35. The monoisotopic (exact) mass is 259 g/mol. The molecule has 0 atom stereocenters. The minimum Gasteiger partial charge on any atom is -0.317 e. The normalized spacial score (nSPS) is 16.8. The Morgan fingerprint density at radius 3 is 2.63 bits per heavy atom. The lowest BCUT2D eigenvalue weighted by atomic mass is 9.88. The summed E-state index contributed by atoms with van der Waals surface area (Å²) in [6.07, 6.45) is 2.98. The van der Waals surface area contributed by atoms with E-state index in [0.29, 0.717) is 24.0 Å². The van der Waals surface area contributed by atoms with Gasteiger partial charge in [0, 0.05) is 12.0 Å². The van der Waals surface area contributed by atoms with Crippen LogP contribution in [0.5, 0.6) is 0 Å². The summed E-state index contributed by atoms with van der Waals surface area (Å²) in [5.74, 6) is 1.37. The molecule has 2 rings (SSSR count). The zero-order valence-electron chi connectivity index (χ0n) is 12.3. The molecule has 0 aliphatic carbocycles. The van der Waals surface area contributed by atoms with Gasteiger partial charge in [0.05, 0.1) is 0 Å². The van der Waals surface area contributed by atoms with Crippen molar-refractivity contribution < 1.29 is 4.79 Å². The van der Waals surface area contributed by atoms with E-state index in [1.165, 1.54) is 5.56 Å². The number of aryl methyl sites for hydroxylation is 1. The van der Waals surface area contributed by atoms with Crippen LogP contribution in [0.4, 0.5) is 0 Å². The van der Waals surface area contributed by atoms with E-state index >= 15 is 0 Å². The highest BCUT2D eigenvalue weighted by atomic mass is 16.1. The van der Waals surface area contributed by atoms with Gasteiger partial charge >= 0.3 is 0 Å². The summed E-state index contributed by atoms with van der Waals surface area (Å²) in [6, 6.07) is 6.33. The third-order valence-corrected chi connectivity index (χ3v) is 4.16. The summed E-state index contributed by atoms with van der Waals surface area (Å²) < 4.78 is 0. The van der Waals surface area contributed by atoms with Crippen molar-refractivity contribution in [2.75, 3.05) is 13.1 Å². The molecule has 0 bridgehead atoms. The van der Waals surface area contributed by atoms with E-state index in [9.17, 15) is 4.79 Å². The quantitative estimate of drug-likeness (QED) is 0.836. The van der Waals surface area contributed by atoms with Gasteiger partial charge in [-0.15, -0.1) is 0 Å². The van der Waals surface area contributed by atoms with Gasteiger partial charge in [0.1, 0.15) is 0 Å². The SMILES string of the molecule is Cc1ccc(C(C)C)cc1C(=O)CC1CCNCC1. The number of benzene rings is 1. The Kier molecular flexibility index (Phi) is 4.76. The van der Waals surface area contributed by atoms with Crippen molar-refractivity contribution in [2.45, 2.75) is 46.0 Å². The second-order valence-electron chi connectivity index (χ2n) is 6.05. The Morgan fingerprint density at radius 1 is 1.32 bits per heavy atom. The van der Waals surface area contributed by atoms with Gasteiger partial charge in [0.15, 0.2) is 5.78 Å². The Morgan fingerprint density at radius 2 is 2.00 bits per heavy atom. The number of hydrogen-bond acceptors (Lipinski definition) is 2. The van der Waals surface area contributed by atoms with Crippen molar-refractivity contribution >= 4 is 5.78 Å². The Balaban J connectivity index is 2.11. The van der Waals surface area contributed by atoms with Crippen LogP contribution in [-0.4, -0.2) is 18.9 Å². The van der Waals surface area contributed by atoms with Crippen LogP contribution in [0.25, 0.3) is 0 Å². The van der Waals surface area contributed by atoms with Crippen LogP contribution in [0.1, 0.15) is 60.5 Å². The number of rotatable bonds is 4. The van der Waals surface area contributed by atoms with Crippen molar-refractivity contribution in [3.8, 4) is 0 Å². The molecule has 1 heterocycles. The number of piperidine rings is 1. The molecule has 1 aliphatic heterocycles. The molecule has 0 spiro atoms. The molecule has 0 amide bonds. The Bertz CT molecular complexity index is 445. The maximum atomic E-state index is 12.5. The first kappa shape index (κ1) is 14.3. The van der Waals surface area contributed by atoms with Crippen molar-refractivity contribution in [1.82, 2.24) is 5.32 Å². The van der Waals surface area contributed by atoms with Crippen molar-refractivity contribution in [3.63, 3.8) is 0 Å². The minimum absolute atomic E-state index is 0.326. The van der Waals surface area contributed by atoms with E-state index in [0.717, 1.165) is 37.1 Å². The second kappa shape index (κ2) is 6.33. The fourth-order valence-electron chi connectivity index (χ4n) is 2.76. The fourth-order valence-corrected chi connectivity index (χ4v) is 2.76. The van der Waals surface area contributed by atoms with Gasteiger partial charge in [-0.25, -0.2) is 0 Å². The smallest absolute Gasteiger partial charge is 0.163 e. The van der Waals surface area contributed by atoms with Gasteiger partial charge in [-0.3, -0.25) is 4.79 Å². The van der Waals surface area contributed by atoms with Crippen LogP contribution in [0.2, 0.25) is 0 Å². The summed E-state index contributed by atoms with van der Waals surface area (Å²) in [5.41, 5.74) is 3.31. The molecule has 1 aliphatic rings. The average molecular weight is 259 g/mol. The van der Waals surface area contributed by atoms with Crippen LogP contribution in [0, 0.1) is 12.8 Å². The first-order valence-corrected chi connectivity index (χ1v) is 7.42. The third-order valence-electron chi connectivity index (χ3n) is 4.16. The molecule has 2 nitrogen and oxygen atoms in total. The first-order chi connectivity index (χ1) is 9.08. The lowest BCUT2D eigenvalue weighted by molar-refractivity contribution is 0.0952. The number of Topliss-reactive ketones (excluding diaryl/α,β-unsaturated/α-hetero) is 1. The molecular formula is C17H25NO. The highest BCUT2D eigenvalue weighted by Gasteiger charge is 2.19. The summed E-state index contributed by atoms with van der Waals surface area (Å²) >= 11 is 0. The number of ketones is 1. The number of carbonyl (C=O) groups is 1. The van der Waals surface area contributed by atoms with Gasteiger partial charge in [-0.1, -0.05) is 26.0 Å². The van der Waals surface area contributed by atoms with Crippen molar-refractivity contribution in [3.05, 3.63) is 34.9 Å². The van der Waals surface area contributed by atoms with Crippen LogP contribution in [0.15, 0.2) is 18.2 Å². The minimum atomic E-state index is 0.326.